The normalized spacial score (nSPS) is 17.8. The van der Waals surface area contributed by atoms with Gasteiger partial charge in [0, 0.05) is 17.1 Å². The van der Waals surface area contributed by atoms with Crippen molar-refractivity contribution in [2.45, 2.75) is 32.4 Å². The molecule has 3 heterocycles. The molecule has 0 bridgehead atoms. The summed E-state index contributed by atoms with van der Waals surface area (Å²) in [5, 5.41) is 5.27. The van der Waals surface area contributed by atoms with E-state index in [9.17, 15) is 9.59 Å². The standard InChI is InChI=1S/C16H19N3O4S/c1-10-8-11(23-13(10)15(21)22-2)9-19-6-3-4-12(19)14(20)18-16-17-5-7-24-16/h5,7-8,12H,3-4,6,9H2,1-2H3,(H,17,18,20). The minimum Gasteiger partial charge on any atom is -0.463 e. The Morgan fingerprint density at radius 1 is 1.54 bits per heavy atom. The Morgan fingerprint density at radius 2 is 2.38 bits per heavy atom. The molecule has 0 aromatic carbocycles. The summed E-state index contributed by atoms with van der Waals surface area (Å²) in [6.45, 7) is 3.09. The molecular formula is C16H19N3O4S. The third kappa shape index (κ3) is 3.49. The zero-order valence-corrected chi connectivity index (χ0v) is 14.4. The number of aromatic nitrogens is 1. The summed E-state index contributed by atoms with van der Waals surface area (Å²) >= 11 is 1.39. The maximum atomic E-state index is 12.4. The van der Waals surface area contributed by atoms with E-state index in [-0.39, 0.29) is 17.7 Å². The van der Waals surface area contributed by atoms with Crippen LogP contribution in [0.3, 0.4) is 0 Å². The molecule has 24 heavy (non-hydrogen) atoms. The quantitative estimate of drug-likeness (QED) is 0.835. The van der Waals surface area contributed by atoms with Crippen LogP contribution in [0.15, 0.2) is 22.1 Å². The van der Waals surface area contributed by atoms with Gasteiger partial charge >= 0.3 is 5.97 Å². The first-order valence-corrected chi connectivity index (χ1v) is 8.58. The summed E-state index contributed by atoms with van der Waals surface area (Å²) in [4.78, 5) is 30.2. The predicted molar refractivity (Wildman–Crippen MR) is 89.0 cm³/mol. The average molecular weight is 349 g/mol. The molecule has 2 aromatic rings. The van der Waals surface area contributed by atoms with Gasteiger partial charge in [-0.05, 0) is 32.4 Å². The first-order chi connectivity index (χ1) is 11.6. The number of amides is 1. The third-order valence-corrected chi connectivity index (χ3v) is 4.72. The highest BCUT2D eigenvalue weighted by Gasteiger charge is 2.32. The van der Waals surface area contributed by atoms with E-state index >= 15 is 0 Å². The molecule has 1 N–H and O–H groups in total. The van der Waals surface area contributed by atoms with Crippen LogP contribution in [-0.2, 0) is 16.1 Å². The van der Waals surface area contributed by atoms with Crippen molar-refractivity contribution in [1.29, 1.82) is 0 Å². The van der Waals surface area contributed by atoms with Crippen LogP contribution in [0.5, 0.6) is 0 Å². The zero-order chi connectivity index (χ0) is 17.1. The van der Waals surface area contributed by atoms with E-state index in [0.717, 1.165) is 24.9 Å². The van der Waals surface area contributed by atoms with Crippen LogP contribution in [0.2, 0.25) is 0 Å². The molecule has 7 nitrogen and oxygen atoms in total. The number of nitrogens with zero attached hydrogens (tertiary/aromatic N) is 2. The number of ether oxygens (including phenoxy) is 1. The number of hydrogen-bond acceptors (Lipinski definition) is 7. The van der Waals surface area contributed by atoms with Crippen LogP contribution in [0, 0.1) is 6.92 Å². The van der Waals surface area contributed by atoms with Crippen molar-refractivity contribution < 1.29 is 18.7 Å². The van der Waals surface area contributed by atoms with Crippen molar-refractivity contribution in [3.05, 3.63) is 34.7 Å². The van der Waals surface area contributed by atoms with Gasteiger partial charge in [0.1, 0.15) is 5.76 Å². The summed E-state index contributed by atoms with van der Waals surface area (Å²) < 4.78 is 10.3. The maximum Gasteiger partial charge on any atom is 0.374 e. The van der Waals surface area contributed by atoms with Crippen molar-refractivity contribution >= 4 is 28.3 Å². The lowest BCUT2D eigenvalue weighted by atomic mass is 10.2. The Kier molecular flexibility index (Phi) is 4.96. The number of furan rings is 1. The molecule has 8 heteroatoms. The van der Waals surface area contributed by atoms with E-state index in [1.165, 1.54) is 18.4 Å². The molecule has 1 aliphatic rings. The number of carbonyl (C=O) groups is 2. The first-order valence-electron chi connectivity index (χ1n) is 7.70. The maximum absolute atomic E-state index is 12.4. The molecule has 2 aromatic heterocycles. The largest absolute Gasteiger partial charge is 0.463 e. The van der Waals surface area contributed by atoms with Gasteiger partial charge in [-0.1, -0.05) is 0 Å². The lowest BCUT2D eigenvalue weighted by Crippen LogP contribution is -2.39. The monoisotopic (exact) mass is 349 g/mol. The minimum absolute atomic E-state index is 0.0566. The Bertz CT molecular complexity index is 726. The zero-order valence-electron chi connectivity index (χ0n) is 13.6. The molecule has 1 saturated heterocycles. The number of methoxy groups -OCH3 is 1. The van der Waals surface area contributed by atoms with Crippen LogP contribution < -0.4 is 5.32 Å². The molecule has 3 rings (SSSR count). The highest BCUT2D eigenvalue weighted by Crippen LogP contribution is 2.24. The number of esters is 1. The number of hydrogen-bond donors (Lipinski definition) is 1. The Labute approximate surface area is 143 Å². The van der Waals surface area contributed by atoms with Gasteiger partial charge in [-0.3, -0.25) is 9.69 Å². The molecular weight excluding hydrogens is 330 g/mol. The van der Waals surface area contributed by atoms with Crippen molar-refractivity contribution in [3.63, 3.8) is 0 Å². The second-order valence-electron chi connectivity index (χ2n) is 5.67. The van der Waals surface area contributed by atoms with E-state index in [1.54, 1.807) is 13.1 Å². The van der Waals surface area contributed by atoms with Crippen LogP contribution >= 0.6 is 11.3 Å². The number of anilines is 1. The number of thiazole rings is 1. The van der Waals surface area contributed by atoms with Gasteiger partial charge in [0.2, 0.25) is 11.7 Å². The molecule has 1 fully saturated rings. The number of carbonyl (C=O) groups excluding carboxylic acids is 2. The SMILES string of the molecule is COC(=O)c1oc(CN2CCCC2C(=O)Nc2nccs2)cc1C. The highest BCUT2D eigenvalue weighted by atomic mass is 32.1. The van der Waals surface area contributed by atoms with E-state index in [4.69, 9.17) is 9.15 Å². The third-order valence-electron chi connectivity index (χ3n) is 4.03. The van der Waals surface area contributed by atoms with Gasteiger partial charge in [-0.15, -0.1) is 11.3 Å². The minimum atomic E-state index is -0.488. The molecule has 1 amide bonds. The van der Waals surface area contributed by atoms with Crippen molar-refractivity contribution in [2.75, 3.05) is 19.0 Å². The number of aryl methyl sites for hydroxylation is 1. The smallest absolute Gasteiger partial charge is 0.374 e. The van der Waals surface area contributed by atoms with Crippen LogP contribution in [0.1, 0.15) is 34.7 Å². The van der Waals surface area contributed by atoms with Crippen LogP contribution in [0.25, 0.3) is 0 Å². The second kappa shape index (κ2) is 7.14. The topological polar surface area (TPSA) is 84.7 Å². The van der Waals surface area contributed by atoms with Crippen molar-refractivity contribution in [1.82, 2.24) is 9.88 Å². The Hall–Kier alpha value is -2.19. The predicted octanol–water partition coefficient (Wildman–Crippen LogP) is 2.43. The van der Waals surface area contributed by atoms with Crippen LogP contribution in [-0.4, -0.2) is 41.5 Å². The van der Waals surface area contributed by atoms with Crippen molar-refractivity contribution in [3.8, 4) is 0 Å². The molecule has 1 aliphatic heterocycles. The molecule has 0 saturated carbocycles. The Morgan fingerprint density at radius 3 is 3.08 bits per heavy atom. The molecule has 1 atom stereocenters. The lowest BCUT2D eigenvalue weighted by Gasteiger charge is -2.22. The van der Waals surface area contributed by atoms with Gasteiger partial charge in [-0.25, -0.2) is 9.78 Å². The van der Waals surface area contributed by atoms with Gasteiger partial charge in [0.25, 0.3) is 0 Å². The number of rotatable bonds is 5. The van der Waals surface area contributed by atoms with Gasteiger partial charge in [-0.2, -0.15) is 0 Å². The fourth-order valence-corrected chi connectivity index (χ4v) is 3.44. The second-order valence-corrected chi connectivity index (χ2v) is 6.57. The summed E-state index contributed by atoms with van der Waals surface area (Å²) in [5.74, 6) is 0.328. The van der Waals surface area contributed by atoms with Crippen LogP contribution in [0.4, 0.5) is 5.13 Å². The number of nitrogens with one attached hydrogen (secondary N) is 1. The Balaban J connectivity index is 1.67. The summed E-state index contributed by atoms with van der Waals surface area (Å²) in [5.41, 5.74) is 0.736. The summed E-state index contributed by atoms with van der Waals surface area (Å²) in [7, 11) is 1.32. The fraction of sp³-hybridized carbons (Fsp3) is 0.438. The van der Waals surface area contributed by atoms with E-state index in [1.807, 2.05) is 11.4 Å². The summed E-state index contributed by atoms with van der Waals surface area (Å²) in [6.07, 6.45) is 3.40. The molecule has 1 unspecified atom stereocenters. The lowest BCUT2D eigenvalue weighted by molar-refractivity contribution is -0.120. The average Bonchev–Trinajstić information content (AvgIpc) is 3.28. The molecule has 0 radical (unpaired) electrons. The van der Waals surface area contributed by atoms with Gasteiger partial charge in [0.05, 0.1) is 19.7 Å². The van der Waals surface area contributed by atoms with E-state index < -0.39 is 5.97 Å². The molecule has 128 valence electrons. The van der Waals surface area contributed by atoms with E-state index in [2.05, 4.69) is 15.2 Å². The van der Waals surface area contributed by atoms with E-state index in [0.29, 0.717) is 17.4 Å². The first kappa shape index (κ1) is 16.7. The van der Waals surface area contributed by atoms with Crippen molar-refractivity contribution in [2.24, 2.45) is 0 Å². The summed E-state index contributed by atoms with van der Waals surface area (Å²) in [6, 6.07) is 1.60. The number of likely N-dealkylation sites (tertiary alicyclic amines) is 1. The fourth-order valence-electron chi connectivity index (χ4n) is 2.91. The highest BCUT2D eigenvalue weighted by molar-refractivity contribution is 7.13. The van der Waals surface area contributed by atoms with Gasteiger partial charge in [0.15, 0.2) is 5.13 Å². The molecule has 0 spiro atoms. The molecule has 0 aliphatic carbocycles. The van der Waals surface area contributed by atoms with Gasteiger partial charge < -0.3 is 14.5 Å².